The standard InChI is InChI=1S/C25H20N4O2/c30-24-20-18-12-6-1-3-8-14(12)28-16-10-5-11-17(26-16)29-15-9-4-2-7-13(15)19(23(29)22(18)28)21(20)25(31)27-24/h1-4,6,8-9,14,16-17,26H,5,7,10-11H2,(H,27,30,31)/t14?,16-,17+/m0/s1. The van der Waals surface area contributed by atoms with Crippen molar-refractivity contribution >= 4 is 40.1 Å². The summed E-state index contributed by atoms with van der Waals surface area (Å²) in [5.41, 5.74) is 5.68. The van der Waals surface area contributed by atoms with Crippen molar-refractivity contribution < 1.29 is 9.59 Å². The van der Waals surface area contributed by atoms with E-state index in [4.69, 9.17) is 0 Å². The predicted octanol–water partition coefficient (Wildman–Crippen LogP) is 1.49. The van der Waals surface area contributed by atoms with Gasteiger partial charge in [-0.1, -0.05) is 36.5 Å². The molecule has 6 aliphatic rings. The molecule has 2 N–H and O–H groups in total. The molecule has 1 fully saturated rings. The molecule has 1 saturated heterocycles. The molecule has 6 heteroatoms. The van der Waals surface area contributed by atoms with Crippen molar-refractivity contribution in [1.82, 2.24) is 15.2 Å². The lowest BCUT2D eigenvalue weighted by Gasteiger charge is -2.39. The SMILES string of the molecule is O=C1NC(=O)c2c1c1c3c4c2c2c(n4[C@@H]4CCC[C@@H](N4)N3C3C=CC=CC=13)=CC=CC2. The molecule has 4 aliphatic heterocycles. The number of hydrogen-bond acceptors (Lipinski definition) is 4. The first-order chi connectivity index (χ1) is 15.2. The number of imide groups is 1. The second kappa shape index (κ2) is 5.26. The molecule has 1 aromatic carbocycles. The third kappa shape index (κ3) is 1.73. The van der Waals surface area contributed by atoms with E-state index >= 15 is 0 Å². The number of carbonyl (C=O) groups is 2. The van der Waals surface area contributed by atoms with Gasteiger partial charge in [-0.25, -0.2) is 0 Å². The summed E-state index contributed by atoms with van der Waals surface area (Å²) in [6, 6.07) is 0.0787. The van der Waals surface area contributed by atoms with Gasteiger partial charge in [0, 0.05) is 16.0 Å². The second-order valence-corrected chi connectivity index (χ2v) is 9.19. The van der Waals surface area contributed by atoms with Crippen molar-refractivity contribution in [2.75, 3.05) is 4.90 Å². The highest BCUT2D eigenvalue weighted by molar-refractivity contribution is 6.29. The number of piperidine rings is 1. The van der Waals surface area contributed by atoms with Gasteiger partial charge in [-0.2, -0.15) is 0 Å². The number of fused-ring (bicyclic) bond motifs is 12. The fraction of sp³-hybridized carbons (Fsp3) is 0.280. The number of carbonyl (C=O) groups excluding carboxylic acids is 2. The summed E-state index contributed by atoms with van der Waals surface area (Å²) < 4.78 is 2.43. The second-order valence-electron chi connectivity index (χ2n) is 9.19. The number of allylic oxidation sites excluding steroid dienone is 4. The van der Waals surface area contributed by atoms with Crippen LogP contribution in [0.4, 0.5) is 5.69 Å². The predicted molar refractivity (Wildman–Crippen MR) is 118 cm³/mol. The number of rotatable bonds is 0. The van der Waals surface area contributed by atoms with E-state index in [1.807, 2.05) is 6.08 Å². The Morgan fingerprint density at radius 3 is 2.81 bits per heavy atom. The summed E-state index contributed by atoms with van der Waals surface area (Å²) in [4.78, 5) is 28.7. The summed E-state index contributed by atoms with van der Waals surface area (Å²) in [6.07, 6.45) is 19.3. The Balaban J connectivity index is 1.69. The van der Waals surface area contributed by atoms with Gasteiger partial charge in [0.2, 0.25) is 0 Å². The van der Waals surface area contributed by atoms with E-state index in [-0.39, 0.29) is 30.2 Å². The van der Waals surface area contributed by atoms with E-state index in [0.29, 0.717) is 11.1 Å². The number of anilines is 1. The van der Waals surface area contributed by atoms with Crippen LogP contribution < -0.4 is 26.1 Å². The van der Waals surface area contributed by atoms with E-state index in [2.05, 4.69) is 56.6 Å². The Morgan fingerprint density at radius 2 is 1.87 bits per heavy atom. The minimum atomic E-state index is -0.263. The lowest BCUT2D eigenvalue weighted by atomic mass is 9.93. The summed E-state index contributed by atoms with van der Waals surface area (Å²) in [7, 11) is 0. The van der Waals surface area contributed by atoms with Gasteiger partial charge < -0.3 is 9.47 Å². The number of aromatic nitrogens is 1. The van der Waals surface area contributed by atoms with E-state index < -0.39 is 0 Å². The molecule has 1 aromatic heterocycles. The van der Waals surface area contributed by atoms with Crippen LogP contribution in [0.2, 0.25) is 0 Å². The monoisotopic (exact) mass is 408 g/mol. The molecule has 2 aliphatic carbocycles. The van der Waals surface area contributed by atoms with Gasteiger partial charge in [0.15, 0.2) is 0 Å². The lowest BCUT2D eigenvalue weighted by Crippen LogP contribution is -2.52. The Bertz CT molecular complexity index is 1500. The van der Waals surface area contributed by atoms with Crippen LogP contribution in [-0.2, 0) is 6.42 Å². The number of nitrogens with zero attached hydrogens (tertiary/aromatic N) is 2. The maximum Gasteiger partial charge on any atom is 0.259 e. The average molecular weight is 408 g/mol. The molecule has 2 aromatic rings. The highest BCUT2D eigenvalue weighted by Crippen LogP contribution is 2.45. The Morgan fingerprint density at radius 1 is 1.00 bits per heavy atom. The molecule has 6 nitrogen and oxygen atoms in total. The molecule has 5 heterocycles. The molecule has 0 radical (unpaired) electrons. The molecule has 0 saturated carbocycles. The molecule has 8 rings (SSSR count). The molecule has 2 amide bonds. The van der Waals surface area contributed by atoms with Gasteiger partial charge >= 0.3 is 0 Å². The Kier molecular flexibility index (Phi) is 2.77. The fourth-order valence-corrected chi connectivity index (χ4v) is 6.73. The van der Waals surface area contributed by atoms with E-state index in [1.54, 1.807) is 0 Å². The van der Waals surface area contributed by atoms with Gasteiger partial charge in [-0.15, -0.1) is 0 Å². The summed E-state index contributed by atoms with van der Waals surface area (Å²) in [6.45, 7) is 0. The van der Waals surface area contributed by atoms with Gasteiger partial charge in [0.05, 0.1) is 40.7 Å². The number of hydrogen-bond donors (Lipinski definition) is 2. The Hall–Kier alpha value is -3.38. The van der Waals surface area contributed by atoms with Crippen LogP contribution in [-0.4, -0.2) is 28.6 Å². The van der Waals surface area contributed by atoms with Gasteiger partial charge in [0.1, 0.15) is 0 Å². The normalized spacial score (nSPS) is 28.5. The number of benzene rings is 1. The average Bonchev–Trinajstić information content (AvgIpc) is 3.38. The minimum absolute atomic E-state index is 0.0787. The molecule has 1 unspecified atom stereocenters. The maximum absolute atomic E-state index is 13.1. The van der Waals surface area contributed by atoms with Crippen LogP contribution in [0.5, 0.6) is 0 Å². The lowest BCUT2D eigenvalue weighted by molar-refractivity contribution is 0.0880. The first-order valence-corrected chi connectivity index (χ1v) is 11.1. The first kappa shape index (κ1) is 16.3. The van der Waals surface area contributed by atoms with Crippen LogP contribution >= 0.6 is 0 Å². The first-order valence-electron chi connectivity index (χ1n) is 11.1. The molecular weight excluding hydrogens is 388 g/mol. The zero-order valence-electron chi connectivity index (χ0n) is 16.8. The van der Waals surface area contributed by atoms with Crippen molar-refractivity contribution in [3.05, 3.63) is 63.7 Å². The highest BCUT2D eigenvalue weighted by atomic mass is 16.2. The van der Waals surface area contributed by atoms with Crippen molar-refractivity contribution in [3.63, 3.8) is 0 Å². The third-order valence-electron chi connectivity index (χ3n) is 7.79. The van der Waals surface area contributed by atoms with Crippen molar-refractivity contribution in [2.45, 2.75) is 44.1 Å². The number of nitrogens with one attached hydrogen (secondary N) is 2. The van der Waals surface area contributed by atoms with Crippen LogP contribution in [0.3, 0.4) is 0 Å². The zero-order valence-corrected chi connectivity index (χ0v) is 16.8. The van der Waals surface area contributed by atoms with Gasteiger partial charge in [-0.3, -0.25) is 20.2 Å². The third-order valence-corrected chi connectivity index (χ3v) is 7.79. The van der Waals surface area contributed by atoms with Crippen LogP contribution in [0.15, 0.2) is 36.5 Å². The van der Waals surface area contributed by atoms with Crippen molar-refractivity contribution in [1.29, 1.82) is 0 Å². The summed E-state index contributed by atoms with van der Waals surface area (Å²) >= 11 is 0. The van der Waals surface area contributed by atoms with Gasteiger partial charge in [0.25, 0.3) is 11.8 Å². The van der Waals surface area contributed by atoms with Crippen LogP contribution in [0.25, 0.3) is 22.6 Å². The molecular formula is C25H20N4O2. The molecule has 31 heavy (non-hydrogen) atoms. The summed E-state index contributed by atoms with van der Waals surface area (Å²) in [5.74, 6) is -0.523. The van der Waals surface area contributed by atoms with Crippen molar-refractivity contribution in [3.8, 4) is 0 Å². The van der Waals surface area contributed by atoms with E-state index in [0.717, 1.165) is 58.6 Å². The van der Waals surface area contributed by atoms with Crippen molar-refractivity contribution in [2.24, 2.45) is 0 Å². The highest BCUT2D eigenvalue weighted by Gasteiger charge is 2.46. The number of amides is 2. The van der Waals surface area contributed by atoms with Crippen LogP contribution in [0, 0.1) is 0 Å². The topological polar surface area (TPSA) is 66.4 Å². The minimum Gasteiger partial charge on any atom is -0.343 e. The van der Waals surface area contributed by atoms with Gasteiger partial charge in [-0.05, 0) is 42.9 Å². The van der Waals surface area contributed by atoms with E-state index in [1.165, 1.54) is 5.35 Å². The summed E-state index contributed by atoms with van der Waals surface area (Å²) in [5, 5.41) is 9.62. The van der Waals surface area contributed by atoms with Crippen LogP contribution in [0.1, 0.15) is 51.7 Å². The molecule has 152 valence electrons. The largest absolute Gasteiger partial charge is 0.343 e. The quantitative estimate of drug-likeness (QED) is 0.649. The molecule has 3 atom stereocenters. The maximum atomic E-state index is 13.1. The fourth-order valence-electron chi connectivity index (χ4n) is 6.73. The molecule has 2 bridgehead atoms. The molecule has 0 spiro atoms. The smallest absolute Gasteiger partial charge is 0.259 e. The Labute approximate surface area is 177 Å². The van der Waals surface area contributed by atoms with E-state index in [9.17, 15) is 9.59 Å². The zero-order chi connectivity index (χ0) is 20.4.